The lowest BCUT2D eigenvalue weighted by Crippen LogP contribution is -2.48. The van der Waals surface area contributed by atoms with Gasteiger partial charge in [-0.3, -0.25) is 9.69 Å². The molecule has 0 aromatic heterocycles. The van der Waals surface area contributed by atoms with E-state index in [1.165, 1.54) is 25.7 Å². The molecule has 3 aliphatic rings. The van der Waals surface area contributed by atoms with Gasteiger partial charge in [0.1, 0.15) is 0 Å². The zero-order valence-corrected chi connectivity index (χ0v) is 19.3. The van der Waals surface area contributed by atoms with E-state index in [0.29, 0.717) is 17.7 Å². The highest BCUT2D eigenvalue weighted by Gasteiger charge is 2.37. The second kappa shape index (κ2) is 10.0. The van der Waals surface area contributed by atoms with Crippen LogP contribution in [0.5, 0.6) is 0 Å². The van der Waals surface area contributed by atoms with Crippen LogP contribution < -0.4 is 5.32 Å². The highest BCUT2D eigenvalue weighted by atomic mass is 19.3. The number of carbonyl (C=O) groups excluding carboxylic acids is 1. The van der Waals surface area contributed by atoms with Gasteiger partial charge in [0, 0.05) is 32.0 Å². The molecular weight excluding hydrogens is 372 g/mol. The predicted octanol–water partition coefficient (Wildman–Crippen LogP) is 4.40. The number of carbonyl (C=O) groups is 1. The summed E-state index contributed by atoms with van der Waals surface area (Å²) in [5.41, 5.74) is 0.673. The minimum atomic E-state index is -2.45. The first kappa shape index (κ1) is 24.5. The maximum absolute atomic E-state index is 13.0. The molecule has 3 saturated heterocycles. The molecule has 4 nitrogen and oxygen atoms in total. The normalized spacial score (nSPS) is 24.9. The number of halogens is 2. The molecule has 0 aromatic carbocycles. The van der Waals surface area contributed by atoms with E-state index in [1.54, 1.807) is 0 Å². The van der Waals surface area contributed by atoms with Gasteiger partial charge in [-0.05, 0) is 62.6 Å². The van der Waals surface area contributed by atoms with Crippen LogP contribution in [0, 0.1) is 16.7 Å². The summed E-state index contributed by atoms with van der Waals surface area (Å²) in [6, 6.07) is 0. The lowest BCUT2D eigenvalue weighted by Gasteiger charge is -2.44. The minimum Gasteiger partial charge on any atom is -0.342 e. The highest BCUT2D eigenvalue weighted by Crippen LogP contribution is 2.39. The van der Waals surface area contributed by atoms with Crippen molar-refractivity contribution in [3.8, 4) is 0 Å². The van der Waals surface area contributed by atoms with Gasteiger partial charge in [-0.1, -0.05) is 34.6 Å². The smallest absolute Gasteiger partial charge is 0.260 e. The van der Waals surface area contributed by atoms with Crippen LogP contribution in [0.25, 0.3) is 0 Å². The molecule has 1 amide bonds. The van der Waals surface area contributed by atoms with Crippen molar-refractivity contribution >= 4 is 5.91 Å². The standard InChI is InChI=1S/C13H24N2O.C10H19F2N/c1-11(2)12(16)15-9-5-13(6-10-15)3-7-14-8-4-13;1-9(2,3)7-13-6-4-5-10(11,12)8-13/h11,14H,3-10H2,1-2H3;4-8H2,1-3H3. The Balaban J connectivity index is 0.000000212. The average Bonchev–Trinajstić information content (AvgIpc) is 2.61. The van der Waals surface area contributed by atoms with Crippen molar-refractivity contribution in [1.29, 1.82) is 0 Å². The molecule has 1 spiro atoms. The average molecular weight is 416 g/mol. The fourth-order valence-corrected chi connectivity index (χ4v) is 4.88. The van der Waals surface area contributed by atoms with Gasteiger partial charge in [-0.15, -0.1) is 0 Å². The number of hydrogen-bond donors (Lipinski definition) is 1. The summed E-state index contributed by atoms with van der Waals surface area (Å²) < 4.78 is 26.0. The van der Waals surface area contributed by atoms with Gasteiger partial charge in [-0.2, -0.15) is 0 Å². The summed E-state index contributed by atoms with van der Waals surface area (Å²) in [7, 11) is 0. The summed E-state index contributed by atoms with van der Waals surface area (Å²) in [6.07, 6.45) is 5.73. The van der Waals surface area contributed by atoms with E-state index in [1.807, 2.05) is 18.7 Å². The van der Waals surface area contributed by atoms with Gasteiger partial charge < -0.3 is 10.2 Å². The molecule has 3 fully saturated rings. The maximum Gasteiger partial charge on any atom is 0.260 e. The Morgan fingerprint density at radius 3 is 2.07 bits per heavy atom. The van der Waals surface area contributed by atoms with E-state index in [4.69, 9.17) is 0 Å². The summed E-state index contributed by atoms with van der Waals surface area (Å²) in [5.74, 6) is -1.96. The van der Waals surface area contributed by atoms with Gasteiger partial charge in [0.05, 0.1) is 6.54 Å². The van der Waals surface area contributed by atoms with Crippen molar-refractivity contribution in [2.75, 3.05) is 45.8 Å². The molecule has 170 valence electrons. The number of alkyl halides is 2. The monoisotopic (exact) mass is 415 g/mol. The van der Waals surface area contributed by atoms with Crippen LogP contribution in [0.1, 0.15) is 73.1 Å². The van der Waals surface area contributed by atoms with Crippen molar-refractivity contribution in [1.82, 2.24) is 15.1 Å². The van der Waals surface area contributed by atoms with Gasteiger partial charge in [-0.25, -0.2) is 8.78 Å². The van der Waals surface area contributed by atoms with E-state index in [9.17, 15) is 13.6 Å². The van der Waals surface area contributed by atoms with Crippen LogP contribution in [0.15, 0.2) is 0 Å². The lowest BCUT2D eigenvalue weighted by molar-refractivity contribution is -0.137. The molecule has 0 atom stereocenters. The first-order valence-electron chi connectivity index (χ1n) is 11.5. The molecule has 1 N–H and O–H groups in total. The van der Waals surface area contributed by atoms with E-state index >= 15 is 0 Å². The zero-order chi connectivity index (χ0) is 21.7. The predicted molar refractivity (Wildman–Crippen MR) is 115 cm³/mol. The number of amides is 1. The molecule has 0 aliphatic carbocycles. The number of piperidine rings is 3. The first-order chi connectivity index (χ1) is 13.4. The third-order valence-electron chi connectivity index (χ3n) is 6.46. The van der Waals surface area contributed by atoms with Crippen LogP contribution in [0.4, 0.5) is 8.78 Å². The van der Waals surface area contributed by atoms with Crippen LogP contribution in [0.2, 0.25) is 0 Å². The molecule has 0 unspecified atom stereocenters. The van der Waals surface area contributed by atoms with Gasteiger partial charge in [0.15, 0.2) is 0 Å². The van der Waals surface area contributed by atoms with Crippen LogP contribution >= 0.6 is 0 Å². The van der Waals surface area contributed by atoms with Gasteiger partial charge >= 0.3 is 0 Å². The van der Waals surface area contributed by atoms with E-state index in [-0.39, 0.29) is 24.3 Å². The van der Waals surface area contributed by atoms with Crippen molar-refractivity contribution in [3.05, 3.63) is 0 Å². The molecule has 0 radical (unpaired) electrons. The fraction of sp³-hybridized carbons (Fsp3) is 0.957. The number of nitrogens with one attached hydrogen (secondary N) is 1. The van der Waals surface area contributed by atoms with Gasteiger partial charge in [0.2, 0.25) is 5.91 Å². The minimum absolute atomic E-state index is 0.0513. The Morgan fingerprint density at radius 1 is 1.00 bits per heavy atom. The van der Waals surface area contributed by atoms with E-state index in [0.717, 1.165) is 39.3 Å². The molecule has 6 heteroatoms. The van der Waals surface area contributed by atoms with Gasteiger partial charge in [0.25, 0.3) is 5.92 Å². The summed E-state index contributed by atoms with van der Waals surface area (Å²) in [5, 5.41) is 3.43. The molecule has 3 rings (SSSR count). The summed E-state index contributed by atoms with van der Waals surface area (Å²) >= 11 is 0. The molecule has 3 heterocycles. The molecule has 3 aliphatic heterocycles. The Kier molecular flexibility index (Phi) is 8.49. The Labute approximate surface area is 176 Å². The summed E-state index contributed by atoms with van der Waals surface area (Å²) in [4.78, 5) is 15.8. The van der Waals surface area contributed by atoms with Crippen molar-refractivity contribution < 1.29 is 13.6 Å². The second-order valence-electron chi connectivity index (χ2n) is 11.0. The summed E-state index contributed by atoms with van der Waals surface area (Å²) in [6.45, 7) is 16.1. The lowest BCUT2D eigenvalue weighted by atomic mass is 9.71. The Hall–Kier alpha value is -0.750. The highest BCUT2D eigenvalue weighted by molar-refractivity contribution is 5.78. The number of nitrogens with zero attached hydrogens (tertiary/aromatic N) is 2. The molecule has 0 saturated carbocycles. The fourth-order valence-electron chi connectivity index (χ4n) is 4.88. The second-order valence-corrected chi connectivity index (χ2v) is 11.0. The number of likely N-dealkylation sites (tertiary alicyclic amines) is 2. The van der Waals surface area contributed by atoms with Crippen LogP contribution in [-0.4, -0.2) is 67.4 Å². The molecular formula is C23H43F2N3O. The van der Waals surface area contributed by atoms with Crippen molar-refractivity contribution in [2.45, 2.75) is 79.1 Å². The van der Waals surface area contributed by atoms with Crippen LogP contribution in [0.3, 0.4) is 0 Å². The first-order valence-corrected chi connectivity index (χ1v) is 11.5. The number of hydrogen-bond acceptors (Lipinski definition) is 3. The quantitative estimate of drug-likeness (QED) is 0.726. The van der Waals surface area contributed by atoms with Crippen LogP contribution in [-0.2, 0) is 4.79 Å². The zero-order valence-electron chi connectivity index (χ0n) is 19.3. The van der Waals surface area contributed by atoms with Crippen molar-refractivity contribution in [2.24, 2.45) is 16.7 Å². The maximum atomic E-state index is 13.0. The Morgan fingerprint density at radius 2 is 1.59 bits per heavy atom. The van der Waals surface area contributed by atoms with E-state index < -0.39 is 5.92 Å². The third-order valence-corrected chi connectivity index (χ3v) is 6.46. The topological polar surface area (TPSA) is 35.6 Å². The van der Waals surface area contributed by atoms with Crippen molar-refractivity contribution in [3.63, 3.8) is 0 Å². The SMILES string of the molecule is CC(C)(C)CN1CCCC(F)(F)C1.CC(C)C(=O)N1CCC2(CCNCC2)CC1. The molecule has 29 heavy (non-hydrogen) atoms. The number of rotatable bonds is 2. The molecule has 0 bridgehead atoms. The largest absolute Gasteiger partial charge is 0.342 e. The third kappa shape index (κ3) is 8.12. The molecule has 0 aromatic rings. The van der Waals surface area contributed by atoms with E-state index in [2.05, 4.69) is 31.0 Å². The Bertz CT molecular complexity index is 513.